The van der Waals surface area contributed by atoms with Gasteiger partial charge in [0.1, 0.15) is 5.56 Å². The second-order valence-corrected chi connectivity index (χ2v) is 5.48. The quantitative estimate of drug-likeness (QED) is 0.895. The van der Waals surface area contributed by atoms with Gasteiger partial charge in [0.05, 0.1) is 6.61 Å². The van der Waals surface area contributed by atoms with Crippen LogP contribution >= 0.6 is 0 Å². The number of rotatable bonds is 5. The van der Waals surface area contributed by atoms with Gasteiger partial charge in [0.2, 0.25) is 5.88 Å². The standard InChI is InChI=1S/C15H22N2O3/c1-10-9-11(2)16-14(13(10)15(18)19)20-8-6-12-5-4-7-17(12)3/h9,12H,4-8H2,1-3H3,(H,18,19). The summed E-state index contributed by atoms with van der Waals surface area (Å²) in [5.74, 6) is -0.737. The number of carbonyl (C=O) groups is 1. The van der Waals surface area contributed by atoms with Crippen molar-refractivity contribution in [1.29, 1.82) is 0 Å². The van der Waals surface area contributed by atoms with Gasteiger partial charge in [-0.1, -0.05) is 0 Å². The molecule has 0 aromatic carbocycles. The van der Waals surface area contributed by atoms with Gasteiger partial charge in [-0.25, -0.2) is 9.78 Å². The lowest BCUT2D eigenvalue weighted by molar-refractivity contribution is 0.0690. The van der Waals surface area contributed by atoms with Crippen LogP contribution in [0.4, 0.5) is 0 Å². The third-order valence-electron chi connectivity index (χ3n) is 3.89. The molecule has 1 fully saturated rings. The number of ether oxygens (including phenoxy) is 1. The van der Waals surface area contributed by atoms with Gasteiger partial charge >= 0.3 is 5.97 Å². The van der Waals surface area contributed by atoms with E-state index in [9.17, 15) is 9.90 Å². The molecule has 0 bridgehead atoms. The first-order valence-corrected chi connectivity index (χ1v) is 7.03. The molecule has 1 aromatic rings. The van der Waals surface area contributed by atoms with Crippen LogP contribution in [0, 0.1) is 13.8 Å². The Hall–Kier alpha value is -1.62. The summed E-state index contributed by atoms with van der Waals surface area (Å²) in [5.41, 5.74) is 1.65. The highest BCUT2D eigenvalue weighted by Gasteiger charge is 2.22. The summed E-state index contributed by atoms with van der Waals surface area (Å²) >= 11 is 0. The molecule has 1 aliphatic heterocycles. The zero-order chi connectivity index (χ0) is 14.7. The molecule has 0 saturated carbocycles. The summed E-state index contributed by atoms with van der Waals surface area (Å²) in [5, 5.41) is 9.26. The van der Waals surface area contributed by atoms with E-state index in [1.807, 2.05) is 6.92 Å². The van der Waals surface area contributed by atoms with Crippen molar-refractivity contribution in [3.63, 3.8) is 0 Å². The molecule has 0 amide bonds. The zero-order valence-corrected chi connectivity index (χ0v) is 12.3. The van der Waals surface area contributed by atoms with E-state index in [1.54, 1.807) is 13.0 Å². The van der Waals surface area contributed by atoms with Crippen LogP contribution in [0.25, 0.3) is 0 Å². The number of aromatic carboxylic acids is 1. The molecule has 2 heterocycles. The third kappa shape index (κ3) is 3.28. The molecular formula is C15H22N2O3. The Labute approximate surface area is 119 Å². The van der Waals surface area contributed by atoms with Crippen LogP contribution in [0.15, 0.2) is 6.07 Å². The average molecular weight is 278 g/mol. The van der Waals surface area contributed by atoms with Crippen molar-refractivity contribution in [1.82, 2.24) is 9.88 Å². The van der Waals surface area contributed by atoms with Crippen molar-refractivity contribution in [3.8, 4) is 5.88 Å². The van der Waals surface area contributed by atoms with Gasteiger partial charge in [-0.3, -0.25) is 0 Å². The highest BCUT2D eigenvalue weighted by Crippen LogP contribution is 2.22. The lowest BCUT2D eigenvalue weighted by atomic mass is 10.1. The van der Waals surface area contributed by atoms with Crippen LogP contribution in [0.3, 0.4) is 0 Å². The Morgan fingerprint density at radius 1 is 1.55 bits per heavy atom. The van der Waals surface area contributed by atoms with Crippen molar-refractivity contribution >= 4 is 5.97 Å². The Kier molecular flexibility index (Phi) is 4.60. The topological polar surface area (TPSA) is 62.7 Å². The van der Waals surface area contributed by atoms with E-state index >= 15 is 0 Å². The number of pyridine rings is 1. The molecule has 1 unspecified atom stereocenters. The number of nitrogens with zero attached hydrogens (tertiary/aromatic N) is 2. The second-order valence-electron chi connectivity index (χ2n) is 5.48. The minimum atomic E-state index is -0.983. The first-order chi connectivity index (χ1) is 9.49. The van der Waals surface area contributed by atoms with Crippen molar-refractivity contribution in [3.05, 3.63) is 22.9 Å². The number of hydrogen-bond donors (Lipinski definition) is 1. The Morgan fingerprint density at radius 3 is 2.90 bits per heavy atom. The monoisotopic (exact) mass is 278 g/mol. The van der Waals surface area contributed by atoms with Crippen LogP contribution in [0.5, 0.6) is 5.88 Å². The summed E-state index contributed by atoms with van der Waals surface area (Å²) in [6, 6.07) is 2.30. The SMILES string of the molecule is Cc1cc(C)c(C(=O)O)c(OCCC2CCCN2C)n1. The molecule has 110 valence electrons. The lowest BCUT2D eigenvalue weighted by Crippen LogP contribution is -2.26. The van der Waals surface area contributed by atoms with Gasteiger partial charge in [0.25, 0.3) is 0 Å². The number of hydrogen-bond acceptors (Lipinski definition) is 4. The second kappa shape index (κ2) is 6.22. The maximum absolute atomic E-state index is 11.3. The summed E-state index contributed by atoms with van der Waals surface area (Å²) in [7, 11) is 2.12. The number of aryl methyl sites for hydroxylation is 2. The first kappa shape index (κ1) is 14.8. The molecular weight excluding hydrogens is 256 g/mol. The largest absolute Gasteiger partial charge is 0.477 e. The molecule has 1 aromatic heterocycles. The number of aromatic nitrogens is 1. The molecule has 20 heavy (non-hydrogen) atoms. The fourth-order valence-corrected chi connectivity index (χ4v) is 2.80. The molecule has 0 radical (unpaired) electrons. The Morgan fingerprint density at radius 2 is 2.30 bits per heavy atom. The number of carboxylic acids is 1. The summed E-state index contributed by atoms with van der Waals surface area (Å²) in [4.78, 5) is 17.8. The molecule has 1 saturated heterocycles. The van der Waals surface area contributed by atoms with Crippen molar-refractivity contribution in [2.75, 3.05) is 20.2 Å². The Balaban J connectivity index is 2.03. The molecule has 2 rings (SSSR count). The van der Waals surface area contributed by atoms with E-state index < -0.39 is 5.97 Å². The van der Waals surface area contributed by atoms with Gasteiger partial charge in [-0.2, -0.15) is 0 Å². The van der Waals surface area contributed by atoms with E-state index in [0.717, 1.165) is 18.7 Å². The zero-order valence-electron chi connectivity index (χ0n) is 12.3. The van der Waals surface area contributed by atoms with Crippen LogP contribution in [0.2, 0.25) is 0 Å². The smallest absolute Gasteiger partial charge is 0.341 e. The van der Waals surface area contributed by atoms with Crippen LogP contribution in [0.1, 0.15) is 40.9 Å². The minimum Gasteiger partial charge on any atom is -0.477 e. The molecule has 1 aliphatic rings. The number of likely N-dealkylation sites (tertiary alicyclic amines) is 1. The predicted octanol–water partition coefficient (Wildman–Crippen LogP) is 2.26. The van der Waals surface area contributed by atoms with E-state index in [4.69, 9.17) is 4.74 Å². The molecule has 0 spiro atoms. The molecule has 1 N–H and O–H groups in total. The van der Waals surface area contributed by atoms with Gasteiger partial charge < -0.3 is 14.7 Å². The van der Waals surface area contributed by atoms with E-state index in [2.05, 4.69) is 16.9 Å². The average Bonchev–Trinajstić information content (AvgIpc) is 2.73. The summed E-state index contributed by atoms with van der Waals surface area (Å²) in [6.07, 6.45) is 3.32. The van der Waals surface area contributed by atoms with Crippen LogP contribution in [-0.2, 0) is 0 Å². The van der Waals surface area contributed by atoms with Crippen molar-refractivity contribution in [2.24, 2.45) is 0 Å². The summed E-state index contributed by atoms with van der Waals surface area (Å²) < 4.78 is 5.65. The maximum atomic E-state index is 11.3. The van der Waals surface area contributed by atoms with Gasteiger partial charge in [-0.05, 0) is 58.3 Å². The van der Waals surface area contributed by atoms with Gasteiger partial charge in [0.15, 0.2) is 0 Å². The highest BCUT2D eigenvalue weighted by atomic mass is 16.5. The van der Waals surface area contributed by atoms with E-state index in [-0.39, 0.29) is 11.4 Å². The summed E-state index contributed by atoms with van der Waals surface area (Å²) in [6.45, 7) is 5.25. The number of carboxylic acid groups (broad SMARTS) is 1. The lowest BCUT2D eigenvalue weighted by Gasteiger charge is -2.19. The van der Waals surface area contributed by atoms with Crippen molar-refractivity contribution < 1.29 is 14.6 Å². The first-order valence-electron chi connectivity index (χ1n) is 7.03. The van der Waals surface area contributed by atoms with Crippen molar-refractivity contribution in [2.45, 2.75) is 39.2 Å². The minimum absolute atomic E-state index is 0.176. The van der Waals surface area contributed by atoms with Crippen LogP contribution in [-0.4, -0.2) is 47.2 Å². The van der Waals surface area contributed by atoms with Gasteiger partial charge in [0, 0.05) is 11.7 Å². The fraction of sp³-hybridized carbons (Fsp3) is 0.600. The van der Waals surface area contributed by atoms with Crippen LogP contribution < -0.4 is 4.74 Å². The normalized spacial score (nSPS) is 19.2. The molecule has 5 nitrogen and oxygen atoms in total. The molecule has 0 aliphatic carbocycles. The van der Waals surface area contributed by atoms with E-state index in [0.29, 0.717) is 18.2 Å². The molecule has 5 heteroatoms. The van der Waals surface area contributed by atoms with E-state index in [1.165, 1.54) is 12.8 Å². The van der Waals surface area contributed by atoms with Gasteiger partial charge in [-0.15, -0.1) is 0 Å². The fourth-order valence-electron chi connectivity index (χ4n) is 2.80. The highest BCUT2D eigenvalue weighted by molar-refractivity contribution is 5.91. The Bertz CT molecular complexity index is 502. The molecule has 1 atom stereocenters. The predicted molar refractivity (Wildman–Crippen MR) is 76.4 cm³/mol. The maximum Gasteiger partial charge on any atom is 0.341 e. The third-order valence-corrected chi connectivity index (χ3v) is 3.89.